The summed E-state index contributed by atoms with van der Waals surface area (Å²) >= 11 is 5.47. The molecule has 0 bridgehead atoms. The quantitative estimate of drug-likeness (QED) is 0.734. The summed E-state index contributed by atoms with van der Waals surface area (Å²) in [4.78, 5) is 21.2. The number of amides is 2. The maximum absolute atomic E-state index is 11.1. The van der Waals surface area contributed by atoms with Crippen LogP contribution in [0.5, 0.6) is 0 Å². The highest BCUT2D eigenvalue weighted by Crippen LogP contribution is 2.17. The standard InChI is InChI=1S/C8H9ClN2O4/c9-5-1-2-6(15-5)11-8(14)10-4-3-7(12)13/h1-2H,3-4H2,(H,12,13)(H2,10,11,14). The van der Waals surface area contributed by atoms with E-state index in [0.717, 1.165) is 0 Å². The Morgan fingerprint density at radius 2 is 2.20 bits per heavy atom. The number of carbonyl (C=O) groups is 2. The van der Waals surface area contributed by atoms with Gasteiger partial charge in [-0.3, -0.25) is 10.1 Å². The number of rotatable bonds is 4. The van der Waals surface area contributed by atoms with Gasteiger partial charge in [-0.2, -0.15) is 0 Å². The number of halogens is 1. The van der Waals surface area contributed by atoms with E-state index in [4.69, 9.17) is 21.1 Å². The molecule has 7 heteroatoms. The van der Waals surface area contributed by atoms with Crippen LogP contribution >= 0.6 is 11.6 Å². The number of hydrogen-bond donors (Lipinski definition) is 3. The lowest BCUT2D eigenvalue weighted by atomic mass is 10.4. The van der Waals surface area contributed by atoms with E-state index in [-0.39, 0.29) is 24.1 Å². The fourth-order valence-corrected chi connectivity index (χ4v) is 0.967. The number of carboxylic acid groups (broad SMARTS) is 1. The van der Waals surface area contributed by atoms with Gasteiger partial charge in [0.15, 0.2) is 5.22 Å². The summed E-state index contributed by atoms with van der Waals surface area (Å²) in [7, 11) is 0. The number of urea groups is 1. The summed E-state index contributed by atoms with van der Waals surface area (Å²) in [6.45, 7) is 0.0512. The zero-order valence-corrected chi connectivity index (χ0v) is 8.37. The van der Waals surface area contributed by atoms with Crippen LogP contribution in [-0.2, 0) is 4.79 Å². The third kappa shape index (κ3) is 4.37. The first kappa shape index (κ1) is 11.4. The first-order chi connectivity index (χ1) is 7.08. The van der Waals surface area contributed by atoms with Gasteiger partial charge in [-0.25, -0.2) is 4.79 Å². The molecule has 0 saturated heterocycles. The molecule has 6 nitrogen and oxygen atoms in total. The van der Waals surface area contributed by atoms with Gasteiger partial charge in [0.2, 0.25) is 5.88 Å². The van der Waals surface area contributed by atoms with Gasteiger partial charge in [0, 0.05) is 12.6 Å². The molecule has 0 aliphatic heterocycles. The fourth-order valence-electron chi connectivity index (χ4n) is 0.821. The molecule has 0 saturated carbocycles. The van der Waals surface area contributed by atoms with Crippen LogP contribution in [0.15, 0.2) is 16.5 Å². The van der Waals surface area contributed by atoms with E-state index in [1.54, 1.807) is 0 Å². The molecule has 0 atom stereocenters. The van der Waals surface area contributed by atoms with Crippen molar-refractivity contribution in [3.63, 3.8) is 0 Å². The molecule has 1 aromatic rings. The SMILES string of the molecule is O=C(O)CCNC(=O)Nc1ccc(Cl)o1. The first-order valence-corrected chi connectivity index (χ1v) is 4.47. The van der Waals surface area contributed by atoms with Gasteiger partial charge in [0.25, 0.3) is 0 Å². The Morgan fingerprint density at radius 3 is 2.73 bits per heavy atom. The molecule has 82 valence electrons. The lowest BCUT2D eigenvalue weighted by Crippen LogP contribution is -2.30. The molecule has 3 N–H and O–H groups in total. The van der Waals surface area contributed by atoms with Gasteiger partial charge in [0.1, 0.15) is 0 Å². The predicted octanol–water partition coefficient (Wildman–Crippen LogP) is 1.53. The minimum absolute atomic E-state index is 0.0512. The smallest absolute Gasteiger partial charge is 0.321 e. The number of furan rings is 1. The Kier molecular flexibility index (Phi) is 3.99. The summed E-state index contributed by atoms with van der Waals surface area (Å²) in [5, 5.41) is 13.2. The molecule has 0 aliphatic carbocycles. The highest BCUT2D eigenvalue weighted by atomic mass is 35.5. The Hall–Kier alpha value is -1.69. The molecule has 0 spiro atoms. The normalized spacial score (nSPS) is 9.67. The van der Waals surface area contributed by atoms with Gasteiger partial charge in [0.05, 0.1) is 6.42 Å². The molecular weight excluding hydrogens is 224 g/mol. The molecule has 1 heterocycles. The average Bonchev–Trinajstić information content (AvgIpc) is 2.50. The first-order valence-electron chi connectivity index (χ1n) is 4.10. The van der Waals surface area contributed by atoms with Crippen LogP contribution in [0.3, 0.4) is 0 Å². The largest absolute Gasteiger partial charge is 0.481 e. The molecule has 15 heavy (non-hydrogen) atoms. The Balaban J connectivity index is 2.27. The molecule has 0 fully saturated rings. The zero-order chi connectivity index (χ0) is 11.3. The topological polar surface area (TPSA) is 91.6 Å². The number of anilines is 1. The maximum atomic E-state index is 11.1. The highest BCUT2D eigenvalue weighted by molar-refractivity contribution is 6.29. The molecule has 0 unspecified atom stereocenters. The second-order valence-corrected chi connectivity index (χ2v) is 3.00. The predicted molar refractivity (Wildman–Crippen MR) is 53.0 cm³/mol. The van der Waals surface area contributed by atoms with Gasteiger partial charge in [-0.05, 0) is 17.7 Å². The molecule has 1 aromatic heterocycles. The van der Waals surface area contributed by atoms with Crippen molar-refractivity contribution in [1.82, 2.24) is 5.32 Å². The second-order valence-electron chi connectivity index (χ2n) is 2.63. The van der Waals surface area contributed by atoms with Crippen molar-refractivity contribution in [3.8, 4) is 0 Å². The molecule has 0 aliphatic rings. The van der Waals surface area contributed by atoms with Crippen LogP contribution in [0.2, 0.25) is 5.22 Å². The number of hydrogen-bond acceptors (Lipinski definition) is 3. The Bertz CT molecular complexity index is 363. The number of carbonyl (C=O) groups excluding carboxylic acids is 1. The lowest BCUT2D eigenvalue weighted by molar-refractivity contribution is -0.136. The van der Waals surface area contributed by atoms with Gasteiger partial charge < -0.3 is 14.8 Å². The summed E-state index contributed by atoms with van der Waals surface area (Å²) in [5.41, 5.74) is 0. The van der Waals surface area contributed by atoms with Crippen LogP contribution in [0.4, 0.5) is 10.7 Å². The van der Waals surface area contributed by atoms with E-state index in [9.17, 15) is 9.59 Å². The van der Waals surface area contributed by atoms with Crippen molar-refractivity contribution in [2.75, 3.05) is 11.9 Å². The zero-order valence-electron chi connectivity index (χ0n) is 7.62. The lowest BCUT2D eigenvalue weighted by Gasteiger charge is -2.02. The van der Waals surface area contributed by atoms with Crippen LogP contribution in [-0.4, -0.2) is 23.7 Å². The molecular formula is C8H9ClN2O4. The van der Waals surface area contributed by atoms with E-state index in [1.807, 2.05) is 0 Å². The minimum atomic E-state index is -0.976. The van der Waals surface area contributed by atoms with Crippen LogP contribution in [0.1, 0.15) is 6.42 Å². The van der Waals surface area contributed by atoms with Crippen LogP contribution < -0.4 is 10.6 Å². The van der Waals surface area contributed by atoms with E-state index in [1.165, 1.54) is 12.1 Å². The number of aliphatic carboxylic acids is 1. The average molecular weight is 233 g/mol. The van der Waals surface area contributed by atoms with Crippen molar-refractivity contribution in [3.05, 3.63) is 17.4 Å². The van der Waals surface area contributed by atoms with Gasteiger partial charge in [-0.1, -0.05) is 0 Å². The van der Waals surface area contributed by atoms with Gasteiger partial charge in [-0.15, -0.1) is 0 Å². The Labute approximate surface area is 90.2 Å². The summed E-state index contributed by atoms with van der Waals surface area (Å²) in [6, 6.07) is 2.43. The molecule has 1 rings (SSSR count). The summed E-state index contributed by atoms with van der Waals surface area (Å²) in [5.74, 6) is -0.774. The molecule has 2 amide bonds. The fraction of sp³-hybridized carbons (Fsp3) is 0.250. The third-order valence-corrected chi connectivity index (χ3v) is 1.64. The monoisotopic (exact) mass is 232 g/mol. The number of nitrogens with one attached hydrogen (secondary N) is 2. The van der Waals surface area contributed by atoms with Crippen LogP contribution in [0, 0.1) is 0 Å². The van der Waals surface area contributed by atoms with Gasteiger partial charge >= 0.3 is 12.0 Å². The van der Waals surface area contributed by atoms with E-state index in [0.29, 0.717) is 0 Å². The minimum Gasteiger partial charge on any atom is -0.481 e. The van der Waals surface area contributed by atoms with E-state index in [2.05, 4.69) is 10.6 Å². The van der Waals surface area contributed by atoms with Crippen molar-refractivity contribution in [1.29, 1.82) is 0 Å². The van der Waals surface area contributed by atoms with E-state index >= 15 is 0 Å². The number of carboxylic acids is 1. The third-order valence-electron chi connectivity index (χ3n) is 1.43. The molecule has 0 aromatic carbocycles. The highest BCUT2D eigenvalue weighted by Gasteiger charge is 2.05. The second kappa shape index (κ2) is 5.26. The van der Waals surface area contributed by atoms with E-state index < -0.39 is 12.0 Å². The molecule has 0 radical (unpaired) electrons. The maximum Gasteiger partial charge on any atom is 0.321 e. The van der Waals surface area contributed by atoms with Crippen molar-refractivity contribution >= 4 is 29.5 Å². The van der Waals surface area contributed by atoms with Crippen molar-refractivity contribution < 1.29 is 19.1 Å². The van der Waals surface area contributed by atoms with Crippen molar-refractivity contribution in [2.24, 2.45) is 0 Å². The van der Waals surface area contributed by atoms with Crippen LogP contribution in [0.25, 0.3) is 0 Å². The Morgan fingerprint density at radius 1 is 1.47 bits per heavy atom. The summed E-state index contributed by atoms with van der Waals surface area (Å²) < 4.78 is 4.86. The summed E-state index contributed by atoms with van der Waals surface area (Å²) in [6.07, 6.45) is -0.133. The van der Waals surface area contributed by atoms with Crippen molar-refractivity contribution in [2.45, 2.75) is 6.42 Å².